The van der Waals surface area contributed by atoms with Crippen LogP contribution in [0.25, 0.3) is 5.82 Å². The van der Waals surface area contributed by atoms with Gasteiger partial charge in [0, 0.05) is 24.7 Å². The SMILES string of the molecule is N#Cc1ccnc(-n2cccn2)c1. The van der Waals surface area contributed by atoms with E-state index in [1.165, 1.54) is 0 Å². The molecule has 0 N–H and O–H groups in total. The molecule has 2 heterocycles. The van der Waals surface area contributed by atoms with E-state index in [0.29, 0.717) is 11.4 Å². The molecule has 0 aliphatic rings. The number of hydrogen-bond donors (Lipinski definition) is 0. The van der Waals surface area contributed by atoms with E-state index in [1.54, 1.807) is 41.5 Å². The Morgan fingerprint density at radius 1 is 1.38 bits per heavy atom. The molecule has 0 saturated carbocycles. The maximum absolute atomic E-state index is 8.65. The van der Waals surface area contributed by atoms with Gasteiger partial charge in [-0.25, -0.2) is 9.67 Å². The zero-order valence-electron chi connectivity index (χ0n) is 6.75. The van der Waals surface area contributed by atoms with Crippen LogP contribution < -0.4 is 0 Å². The van der Waals surface area contributed by atoms with Gasteiger partial charge in [-0.1, -0.05) is 0 Å². The summed E-state index contributed by atoms with van der Waals surface area (Å²) in [6.45, 7) is 0. The molecular weight excluding hydrogens is 164 g/mol. The number of hydrogen-bond acceptors (Lipinski definition) is 3. The maximum atomic E-state index is 8.65. The fraction of sp³-hybridized carbons (Fsp3) is 0. The Hall–Kier alpha value is -2.15. The van der Waals surface area contributed by atoms with Gasteiger partial charge in [-0.05, 0) is 12.1 Å². The topological polar surface area (TPSA) is 54.5 Å². The average Bonchev–Trinajstić information content (AvgIpc) is 2.71. The third kappa shape index (κ3) is 1.40. The van der Waals surface area contributed by atoms with Crippen LogP contribution in [0.15, 0.2) is 36.8 Å². The van der Waals surface area contributed by atoms with Gasteiger partial charge in [0.2, 0.25) is 0 Å². The molecule has 0 amide bonds. The molecule has 0 aromatic carbocycles. The molecule has 0 bridgehead atoms. The highest BCUT2D eigenvalue weighted by Crippen LogP contribution is 2.04. The Balaban J connectivity index is 2.49. The molecule has 0 aliphatic carbocycles. The molecule has 62 valence electrons. The first kappa shape index (κ1) is 7.50. The molecule has 0 fully saturated rings. The maximum Gasteiger partial charge on any atom is 0.154 e. The minimum absolute atomic E-state index is 0.584. The second-order valence-corrected chi connectivity index (χ2v) is 2.47. The van der Waals surface area contributed by atoms with Gasteiger partial charge in [0.05, 0.1) is 11.6 Å². The van der Waals surface area contributed by atoms with Crippen LogP contribution in [-0.4, -0.2) is 14.8 Å². The van der Waals surface area contributed by atoms with Gasteiger partial charge < -0.3 is 0 Å². The van der Waals surface area contributed by atoms with E-state index in [4.69, 9.17) is 5.26 Å². The summed E-state index contributed by atoms with van der Waals surface area (Å²) in [7, 11) is 0. The minimum atomic E-state index is 0.584. The van der Waals surface area contributed by atoms with Gasteiger partial charge in [0.1, 0.15) is 0 Å². The molecule has 2 aromatic rings. The summed E-state index contributed by atoms with van der Waals surface area (Å²) >= 11 is 0. The summed E-state index contributed by atoms with van der Waals surface area (Å²) < 4.78 is 1.61. The van der Waals surface area contributed by atoms with Crippen molar-refractivity contribution in [3.05, 3.63) is 42.4 Å². The quantitative estimate of drug-likeness (QED) is 0.644. The third-order valence-electron chi connectivity index (χ3n) is 1.61. The Morgan fingerprint density at radius 2 is 2.31 bits per heavy atom. The second-order valence-electron chi connectivity index (χ2n) is 2.47. The van der Waals surface area contributed by atoms with E-state index in [-0.39, 0.29) is 0 Å². The second kappa shape index (κ2) is 3.07. The van der Waals surface area contributed by atoms with Crippen LogP contribution in [0.3, 0.4) is 0 Å². The lowest BCUT2D eigenvalue weighted by Gasteiger charge is -1.98. The van der Waals surface area contributed by atoms with Crippen LogP contribution in [0.1, 0.15) is 5.56 Å². The number of rotatable bonds is 1. The molecule has 0 radical (unpaired) electrons. The zero-order valence-corrected chi connectivity index (χ0v) is 6.75. The van der Waals surface area contributed by atoms with Gasteiger partial charge >= 0.3 is 0 Å². The van der Waals surface area contributed by atoms with Gasteiger partial charge in [-0.3, -0.25) is 0 Å². The Labute approximate surface area is 75.1 Å². The summed E-state index contributed by atoms with van der Waals surface area (Å²) in [5.74, 6) is 0.657. The van der Waals surface area contributed by atoms with E-state index >= 15 is 0 Å². The largest absolute Gasteiger partial charge is 0.237 e. The van der Waals surface area contributed by atoms with Gasteiger partial charge in [0.15, 0.2) is 5.82 Å². The highest BCUT2D eigenvalue weighted by Gasteiger charge is 1.97. The fourth-order valence-electron chi connectivity index (χ4n) is 1.02. The van der Waals surface area contributed by atoms with Gasteiger partial charge in [-0.2, -0.15) is 10.4 Å². The van der Waals surface area contributed by atoms with Crippen molar-refractivity contribution in [2.75, 3.05) is 0 Å². The smallest absolute Gasteiger partial charge is 0.154 e. The van der Waals surface area contributed by atoms with E-state index in [0.717, 1.165) is 0 Å². The van der Waals surface area contributed by atoms with E-state index in [1.807, 2.05) is 6.07 Å². The van der Waals surface area contributed by atoms with E-state index in [9.17, 15) is 0 Å². The highest BCUT2D eigenvalue weighted by molar-refractivity contribution is 5.34. The van der Waals surface area contributed by atoms with Crippen LogP contribution in [-0.2, 0) is 0 Å². The van der Waals surface area contributed by atoms with Crippen LogP contribution in [0.5, 0.6) is 0 Å². The van der Waals surface area contributed by atoms with Crippen LogP contribution >= 0.6 is 0 Å². The van der Waals surface area contributed by atoms with Crippen molar-refractivity contribution >= 4 is 0 Å². The summed E-state index contributed by atoms with van der Waals surface area (Å²) in [6.07, 6.45) is 5.04. The molecule has 0 aliphatic heterocycles. The number of aromatic nitrogens is 3. The zero-order chi connectivity index (χ0) is 9.10. The number of pyridine rings is 1. The molecular formula is C9H6N4. The van der Waals surface area contributed by atoms with E-state index < -0.39 is 0 Å². The molecule has 2 rings (SSSR count). The Kier molecular flexibility index (Phi) is 1.77. The Morgan fingerprint density at radius 3 is 3.00 bits per heavy atom. The minimum Gasteiger partial charge on any atom is -0.237 e. The molecule has 0 saturated heterocycles. The number of nitriles is 1. The summed E-state index contributed by atoms with van der Waals surface area (Å²) in [4.78, 5) is 4.08. The molecule has 2 aromatic heterocycles. The standard InChI is InChI=1S/C9H6N4/c10-7-8-2-4-11-9(6-8)13-5-1-3-12-13/h1-6H. The summed E-state index contributed by atoms with van der Waals surface area (Å²) in [6, 6.07) is 7.20. The van der Waals surface area contributed by atoms with Crippen molar-refractivity contribution in [1.29, 1.82) is 5.26 Å². The normalized spacial score (nSPS) is 9.46. The predicted octanol–water partition coefficient (Wildman–Crippen LogP) is 1.14. The molecule has 0 atom stereocenters. The third-order valence-corrected chi connectivity index (χ3v) is 1.61. The molecule has 4 nitrogen and oxygen atoms in total. The van der Waals surface area contributed by atoms with Crippen molar-refractivity contribution in [3.8, 4) is 11.9 Å². The van der Waals surface area contributed by atoms with Crippen molar-refractivity contribution in [2.24, 2.45) is 0 Å². The number of nitrogens with zero attached hydrogens (tertiary/aromatic N) is 4. The summed E-state index contributed by atoms with van der Waals surface area (Å²) in [5, 5.41) is 12.7. The Bertz CT molecular complexity index is 439. The predicted molar refractivity (Wildman–Crippen MR) is 46.1 cm³/mol. The summed E-state index contributed by atoms with van der Waals surface area (Å²) in [5.41, 5.74) is 0.584. The van der Waals surface area contributed by atoms with Crippen molar-refractivity contribution < 1.29 is 0 Å². The van der Waals surface area contributed by atoms with Crippen molar-refractivity contribution in [2.45, 2.75) is 0 Å². The van der Waals surface area contributed by atoms with Crippen LogP contribution in [0.2, 0.25) is 0 Å². The fourth-order valence-corrected chi connectivity index (χ4v) is 1.02. The van der Waals surface area contributed by atoms with Crippen LogP contribution in [0, 0.1) is 11.3 Å². The highest BCUT2D eigenvalue weighted by atomic mass is 15.3. The van der Waals surface area contributed by atoms with Crippen molar-refractivity contribution in [1.82, 2.24) is 14.8 Å². The first-order valence-corrected chi connectivity index (χ1v) is 3.76. The molecule has 13 heavy (non-hydrogen) atoms. The van der Waals surface area contributed by atoms with Gasteiger partial charge in [0.25, 0.3) is 0 Å². The lowest BCUT2D eigenvalue weighted by atomic mass is 10.3. The van der Waals surface area contributed by atoms with E-state index in [2.05, 4.69) is 10.1 Å². The lowest BCUT2D eigenvalue weighted by molar-refractivity contribution is 0.846. The molecule has 4 heteroatoms. The van der Waals surface area contributed by atoms with Gasteiger partial charge in [-0.15, -0.1) is 0 Å². The monoisotopic (exact) mass is 170 g/mol. The molecule has 0 spiro atoms. The molecule has 0 unspecified atom stereocenters. The van der Waals surface area contributed by atoms with Crippen molar-refractivity contribution in [3.63, 3.8) is 0 Å². The first-order chi connectivity index (χ1) is 6.40. The van der Waals surface area contributed by atoms with Crippen LogP contribution in [0.4, 0.5) is 0 Å². The average molecular weight is 170 g/mol. The first-order valence-electron chi connectivity index (χ1n) is 3.76. The lowest BCUT2D eigenvalue weighted by Crippen LogP contribution is -1.97.